The number of aliphatic imine (C=N–C) groups is 1. The van der Waals surface area contributed by atoms with E-state index < -0.39 is 0 Å². The van der Waals surface area contributed by atoms with Gasteiger partial charge in [-0.3, -0.25) is 4.99 Å². The molecule has 1 saturated heterocycles. The second-order valence-corrected chi connectivity index (χ2v) is 5.66. The van der Waals surface area contributed by atoms with Crippen molar-refractivity contribution in [3.8, 4) is 0 Å². The first-order valence-electron chi connectivity index (χ1n) is 8.07. The molecule has 1 aliphatic heterocycles. The van der Waals surface area contributed by atoms with Crippen LogP contribution in [0.2, 0.25) is 0 Å². The number of likely N-dealkylation sites (tertiary alicyclic amines) is 1. The van der Waals surface area contributed by atoms with Crippen molar-refractivity contribution in [1.82, 2.24) is 20.4 Å². The summed E-state index contributed by atoms with van der Waals surface area (Å²) < 4.78 is 0. The molecule has 1 aliphatic rings. The molecule has 0 bridgehead atoms. The minimum absolute atomic E-state index is 0.568. The second-order valence-electron chi connectivity index (χ2n) is 5.66. The van der Waals surface area contributed by atoms with Gasteiger partial charge in [0, 0.05) is 39.3 Å². The van der Waals surface area contributed by atoms with Crippen LogP contribution in [-0.2, 0) is 0 Å². The van der Waals surface area contributed by atoms with E-state index in [-0.39, 0.29) is 0 Å². The second kappa shape index (κ2) is 10.00. The van der Waals surface area contributed by atoms with E-state index in [0.717, 1.165) is 25.6 Å². The first-order valence-corrected chi connectivity index (χ1v) is 8.07. The minimum Gasteiger partial charge on any atom is -0.355 e. The Morgan fingerprint density at radius 3 is 2.55 bits per heavy atom. The van der Waals surface area contributed by atoms with Gasteiger partial charge in [0.1, 0.15) is 0 Å². The average Bonchev–Trinajstić information content (AvgIpc) is 2.48. The molecule has 0 aromatic heterocycles. The Kier molecular flexibility index (Phi) is 8.62. The van der Waals surface area contributed by atoms with E-state index >= 15 is 0 Å². The topological polar surface area (TPSA) is 42.9 Å². The van der Waals surface area contributed by atoms with Crippen LogP contribution in [0.3, 0.4) is 0 Å². The van der Waals surface area contributed by atoms with Gasteiger partial charge < -0.3 is 20.4 Å². The molecule has 0 spiro atoms. The smallest absolute Gasteiger partial charge is 0.191 e. The third kappa shape index (κ3) is 6.57. The van der Waals surface area contributed by atoms with Crippen LogP contribution in [0.25, 0.3) is 0 Å². The van der Waals surface area contributed by atoms with Crippen LogP contribution in [0.4, 0.5) is 0 Å². The summed E-state index contributed by atoms with van der Waals surface area (Å²) in [6.07, 6.45) is 3.69. The molecule has 0 aliphatic carbocycles. The standard InChI is InChI=1S/C15H33N5/c1-5-10-20-11-7-14(8-12-20)18-15(16-3)17-9-13-19(4)6-2/h14H,5-13H2,1-4H3,(H2,16,17,18). The molecule has 118 valence electrons. The van der Waals surface area contributed by atoms with Crippen molar-refractivity contribution in [2.45, 2.75) is 39.2 Å². The molecular weight excluding hydrogens is 250 g/mol. The molecule has 1 rings (SSSR count). The van der Waals surface area contributed by atoms with Gasteiger partial charge in [-0.1, -0.05) is 13.8 Å². The van der Waals surface area contributed by atoms with E-state index in [1.165, 1.54) is 38.9 Å². The molecule has 5 heteroatoms. The summed E-state index contributed by atoms with van der Waals surface area (Å²) >= 11 is 0. The number of hydrogen-bond acceptors (Lipinski definition) is 3. The number of nitrogens with zero attached hydrogens (tertiary/aromatic N) is 3. The summed E-state index contributed by atoms with van der Waals surface area (Å²) in [7, 11) is 3.99. The van der Waals surface area contributed by atoms with Crippen molar-refractivity contribution in [3.63, 3.8) is 0 Å². The van der Waals surface area contributed by atoms with Gasteiger partial charge >= 0.3 is 0 Å². The first kappa shape index (κ1) is 17.2. The monoisotopic (exact) mass is 283 g/mol. The van der Waals surface area contributed by atoms with E-state index in [0.29, 0.717) is 6.04 Å². The fourth-order valence-corrected chi connectivity index (χ4v) is 2.53. The van der Waals surface area contributed by atoms with Crippen LogP contribution < -0.4 is 10.6 Å². The fraction of sp³-hybridized carbons (Fsp3) is 0.933. The molecule has 0 atom stereocenters. The van der Waals surface area contributed by atoms with Crippen LogP contribution in [0.15, 0.2) is 4.99 Å². The molecule has 0 saturated carbocycles. The number of likely N-dealkylation sites (N-methyl/N-ethyl adjacent to an activating group) is 1. The Hall–Kier alpha value is -0.810. The van der Waals surface area contributed by atoms with Gasteiger partial charge in [0.15, 0.2) is 5.96 Å². The Morgan fingerprint density at radius 2 is 2.00 bits per heavy atom. The molecule has 0 amide bonds. The van der Waals surface area contributed by atoms with Gasteiger partial charge in [0.05, 0.1) is 0 Å². The highest BCUT2D eigenvalue weighted by atomic mass is 15.2. The molecule has 0 unspecified atom stereocenters. The zero-order valence-corrected chi connectivity index (χ0v) is 13.8. The van der Waals surface area contributed by atoms with Gasteiger partial charge in [-0.15, -0.1) is 0 Å². The van der Waals surface area contributed by atoms with E-state index in [1.54, 1.807) is 0 Å². The zero-order valence-electron chi connectivity index (χ0n) is 13.8. The normalized spacial score (nSPS) is 18.6. The maximum atomic E-state index is 4.32. The SMILES string of the molecule is CCCN1CCC(NC(=NC)NCCN(C)CC)CC1. The third-order valence-corrected chi connectivity index (χ3v) is 4.02. The minimum atomic E-state index is 0.568. The van der Waals surface area contributed by atoms with Gasteiger partial charge in [-0.2, -0.15) is 0 Å². The summed E-state index contributed by atoms with van der Waals surface area (Å²) in [5.41, 5.74) is 0. The van der Waals surface area contributed by atoms with Crippen molar-refractivity contribution in [2.75, 3.05) is 53.4 Å². The molecule has 5 nitrogen and oxygen atoms in total. The maximum absolute atomic E-state index is 4.32. The van der Waals surface area contributed by atoms with Crippen LogP contribution >= 0.6 is 0 Å². The highest BCUT2D eigenvalue weighted by Crippen LogP contribution is 2.10. The van der Waals surface area contributed by atoms with E-state index in [9.17, 15) is 0 Å². The first-order chi connectivity index (χ1) is 9.69. The van der Waals surface area contributed by atoms with Crippen molar-refractivity contribution < 1.29 is 0 Å². The van der Waals surface area contributed by atoms with E-state index in [1.807, 2.05) is 7.05 Å². The Labute approximate surface area is 124 Å². The van der Waals surface area contributed by atoms with Crippen molar-refractivity contribution in [3.05, 3.63) is 0 Å². The lowest BCUT2D eigenvalue weighted by Crippen LogP contribution is -2.49. The zero-order chi connectivity index (χ0) is 14.8. The highest BCUT2D eigenvalue weighted by Gasteiger charge is 2.19. The molecule has 2 N–H and O–H groups in total. The van der Waals surface area contributed by atoms with Crippen molar-refractivity contribution in [2.24, 2.45) is 4.99 Å². The predicted octanol–water partition coefficient (Wildman–Crippen LogP) is 0.978. The van der Waals surface area contributed by atoms with Crippen LogP contribution in [0.5, 0.6) is 0 Å². The van der Waals surface area contributed by atoms with Crippen molar-refractivity contribution >= 4 is 5.96 Å². The predicted molar refractivity (Wildman–Crippen MR) is 87.4 cm³/mol. The quantitative estimate of drug-likeness (QED) is 0.540. The Morgan fingerprint density at radius 1 is 1.30 bits per heavy atom. The molecule has 0 radical (unpaired) electrons. The largest absolute Gasteiger partial charge is 0.355 e. The lowest BCUT2D eigenvalue weighted by Gasteiger charge is -2.32. The number of guanidine groups is 1. The number of hydrogen-bond donors (Lipinski definition) is 2. The summed E-state index contributed by atoms with van der Waals surface area (Å²) in [4.78, 5) is 9.18. The van der Waals surface area contributed by atoms with Gasteiger partial charge in [-0.05, 0) is 39.4 Å². The van der Waals surface area contributed by atoms with E-state index in [4.69, 9.17) is 0 Å². The molecule has 0 aromatic carbocycles. The molecule has 1 fully saturated rings. The van der Waals surface area contributed by atoms with Crippen LogP contribution in [0, 0.1) is 0 Å². The highest BCUT2D eigenvalue weighted by molar-refractivity contribution is 5.79. The number of rotatable bonds is 7. The maximum Gasteiger partial charge on any atom is 0.191 e. The van der Waals surface area contributed by atoms with Crippen molar-refractivity contribution in [1.29, 1.82) is 0 Å². The van der Waals surface area contributed by atoms with Crippen LogP contribution in [0.1, 0.15) is 33.1 Å². The summed E-state index contributed by atoms with van der Waals surface area (Å²) in [5.74, 6) is 0.948. The molecular formula is C15H33N5. The Bertz CT molecular complexity index is 271. The third-order valence-electron chi connectivity index (χ3n) is 4.02. The van der Waals surface area contributed by atoms with Gasteiger partial charge in [0.25, 0.3) is 0 Å². The molecule has 20 heavy (non-hydrogen) atoms. The molecule has 0 aromatic rings. The fourth-order valence-electron chi connectivity index (χ4n) is 2.53. The number of nitrogens with one attached hydrogen (secondary N) is 2. The molecule has 1 heterocycles. The van der Waals surface area contributed by atoms with E-state index in [2.05, 4.69) is 46.3 Å². The van der Waals surface area contributed by atoms with Gasteiger partial charge in [0.2, 0.25) is 0 Å². The average molecular weight is 283 g/mol. The van der Waals surface area contributed by atoms with Crippen LogP contribution in [-0.4, -0.2) is 75.2 Å². The van der Waals surface area contributed by atoms with Gasteiger partial charge in [-0.25, -0.2) is 0 Å². The number of piperidine rings is 1. The lowest BCUT2D eigenvalue weighted by atomic mass is 10.1. The lowest BCUT2D eigenvalue weighted by molar-refractivity contribution is 0.206. The Balaban J connectivity index is 2.21. The summed E-state index contributed by atoms with van der Waals surface area (Å²) in [5, 5.41) is 6.96. The summed E-state index contributed by atoms with van der Waals surface area (Å²) in [6, 6.07) is 0.568. The summed E-state index contributed by atoms with van der Waals surface area (Å²) in [6.45, 7) is 11.2.